The van der Waals surface area contributed by atoms with E-state index >= 15 is 0 Å². The number of carbonyl (C=O) groups excluding carboxylic acids is 2. The van der Waals surface area contributed by atoms with Gasteiger partial charge in [-0.25, -0.2) is 4.68 Å². The first-order chi connectivity index (χ1) is 15.8. The average Bonchev–Trinajstić information content (AvgIpc) is 3.14. The summed E-state index contributed by atoms with van der Waals surface area (Å²) in [6.07, 6.45) is 0.940. The number of nitrogens with zero attached hydrogens (tertiary/aromatic N) is 2. The van der Waals surface area contributed by atoms with Crippen molar-refractivity contribution in [1.29, 1.82) is 0 Å². The molecule has 0 radical (unpaired) electrons. The Morgan fingerprint density at radius 1 is 1.12 bits per heavy atom. The number of methoxy groups -OCH3 is 1. The molecule has 4 rings (SSSR count). The Morgan fingerprint density at radius 3 is 2.61 bits per heavy atom. The highest BCUT2D eigenvalue weighted by Crippen LogP contribution is 2.39. The van der Waals surface area contributed by atoms with Crippen molar-refractivity contribution >= 4 is 17.5 Å². The number of hydrogen-bond acceptors (Lipinski definition) is 5. The van der Waals surface area contributed by atoms with Crippen LogP contribution in [0.2, 0.25) is 0 Å². The summed E-state index contributed by atoms with van der Waals surface area (Å²) in [6, 6.07) is 11.2. The number of nitrogens with one attached hydrogen (secondary N) is 1. The van der Waals surface area contributed by atoms with Crippen LogP contribution in [0.3, 0.4) is 0 Å². The van der Waals surface area contributed by atoms with Crippen molar-refractivity contribution in [3.05, 3.63) is 64.3 Å². The van der Waals surface area contributed by atoms with E-state index in [-0.39, 0.29) is 18.1 Å². The number of carbonyl (C=O) groups is 2. The Bertz CT molecular complexity index is 1230. The van der Waals surface area contributed by atoms with E-state index in [0.717, 1.165) is 28.9 Å². The highest BCUT2D eigenvalue weighted by Gasteiger charge is 2.36. The van der Waals surface area contributed by atoms with Gasteiger partial charge in [0.15, 0.2) is 17.3 Å². The minimum absolute atomic E-state index is 0.0711. The van der Waals surface area contributed by atoms with Crippen LogP contribution in [0.4, 0.5) is 5.82 Å². The highest BCUT2D eigenvalue weighted by atomic mass is 16.5. The normalized spacial score (nSPS) is 15.1. The molecule has 3 aromatic rings. The SMILES string of the molecule is CCCOc1ccc(C(=O)C2CC(=O)Nc3c2c(C)nn3-c2ccc(C)c(C)c2)cc1OC. The fourth-order valence-corrected chi connectivity index (χ4v) is 4.17. The van der Waals surface area contributed by atoms with Gasteiger partial charge in [0.05, 0.1) is 31.0 Å². The third kappa shape index (κ3) is 4.23. The topological polar surface area (TPSA) is 82.5 Å². The summed E-state index contributed by atoms with van der Waals surface area (Å²) >= 11 is 0. The largest absolute Gasteiger partial charge is 0.493 e. The van der Waals surface area contributed by atoms with Crippen molar-refractivity contribution in [2.45, 2.75) is 46.5 Å². The van der Waals surface area contributed by atoms with Gasteiger partial charge < -0.3 is 14.8 Å². The van der Waals surface area contributed by atoms with Gasteiger partial charge in [0, 0.05) is 17.5 Å². The second-order valence-electron chi connectivity index (χ2n) is 8.41. The molecule has 0 saturated heterocycles. The molecule has 0 aliphatic carbocycles. The number of ether oxygens (including phenoxy) is 2. The molecule has 0 fully saturated rings. The van der Waals surface area contributed by atoms with E-state index in [1.807, 2.05) is 45.9 Å². The maximum atomic E-state index is 13.6. The van der Waals surface area contributed by atoms with Gasteiger partial charge in [0.25, 0.3) is 0 Å². The van der Waals surface area contributed by atoms with E-state index in [1.54, 1.807) is 30.0 Å². The minimum Gasteiger partial charge on any atom is -0.493 e. The zero-order valence-corrected chi connectivity index (χ0v) is 19.7. The number of Topliss-reactive ketones (excluding diaryl/α,β-unsaturated/α-hetero) is 1. The van der Waals surface area contributed by atoms with Crippen molar-refractivity contribution in [2.24, 2.45) is 0 Å². The third-order valence-electron chi connectivity index (χ3n) is 6.06. The lowest BCUT2D eigenvalue weighted by Gasteiger charge is -2.23. The summed E-state index contributed by atoms with van der Waals surface area (Å²) in [5.74, 6) is 0.672. The van der Waals surface area contributed by atoms with Crippen molar-refractivity contribution in [1.82, 2.24) is 9.78 Å². The molecule has 2 heterocycles. The molecule has 1 aliphatic heterocycles. The van der Waals surface area contributed by atoms with Gasteiger partial charge >= 0.3 is 0 Å². The van der Waals surface area contributed by atoms with Crippen LogP contribution in [0, 0.1) is 20.8 Å². The summed E-state index contributed by atoms with van der Waals surface area (Å²) in [5, 5.41) is 7.62. The molecule has 172 valence electrons. The lowest BCUT2D eigenvalue weighted by Crippen LogP contribution is -2.28. The number of aromatic nitrogens is 2. The maximum Gasteiger partial charge on any atom is 0.226 e. The number of benzene rings is 2. The van der Waals surface area contributed by atoms with Crippen LogP contribution >= 0.6 is 0 Å². The van der Waals surface area contributed by atoms with E-state index < -0.39 is 5.92 Å². The lowest BCUT2D eigenvalue weighted by molar-refractivity contribution is -0.116. The number of aryl methyl sites for hydroxylation is 3. The number of hydrogen-bond donors (Lipinski definition) is 1. The summed E-state index contributed by atoms with van der Waals surface area (Å²) in [4.78, 5) is 26.2. The molecule has 1 unspecified atom stereocenters. The van der Waals surface area contributed by atoms with Gasteiger partial charge in [-0.15, -0.1) is 0 Å². The first kappa shape index (κ1) is 22.6. The predicted octanol–water partition coefficient (Wildman–Crippen LogP) is 4.90. The van der Waals surface area contributed by atoms with Gasteiger partial charge in [-0.3, -0.25) is 9.59 Å². The van der Waals surface area contributed by atoms with Gasteiger partial charge in [0.2, 0.25) is 5.91 Å². The van der Waals surface area contributed by atoms with Gasteiger partial charge in [-0.1, -0.05) is 13.0 Å². The Labute approximate surface area is 193 Å². The molecule has 1 N–H and O–H groups in total. The summed E-state index contributed by atoms with van der Waals surface area (Å²) in [7, 11) is 1.55. The molecule has 1 aliphatic rings. The molecule has 0 spiro atoms. The standard InChI is InChI=1S/C26H29N3O4/c1-6-11-33-21-10-8-18(13-22(21)32-5)25(31)20-14-23(30)27-26-24(20)17(4)28-29(26)19-9-7-15(2)16(3)12-19/h7-10,12-13,20H,6,11,14H2,1-5H3,(H,27,30). The molecule has 0 saturated carbocycles. The highest BCUT2D eigenvalue weighted by molar-refractivity contribution is 6.08. The molecular weight excluding hydrogens is 418 g/mol. The maximum absolute atomic E-state index is 13.6. The molecule has 33 heavy (non-hydrogen) atoms. The molecule has 1 aromatic heterocycles. The first-order valence-corrected chi connectivity index (χ1v) is 11.2. The fraction of sp³-hybridized carbons (Fsp3) is 0.346. The molecule has 0 bridgehead atoms. The van der Waals surface area contributed by atoms with Crippen LogP contribution in [0.5, 0.6) is 11.5 Å². The monoisotopic (exact) mass is 447 g/mol. The Balaban J connectivity index is 1.74. The van der Waals surface area contributed by atoms with Crippen LogP contribution in [-0.2, 0) is 4.79 Å². The smallest absolute Gasteiger partial charge is 0.226 e. The van der Waals surface area contributed by atoms with Crippen LogP contribution in [0.25, 0.3) is 5.69 Å². The van der Waals surface area contributed by atoms with E-state index in [4.69, 9.17) is 9.47 Å². The van der Waals surface area contributed by atoms with Crippen LogP contribution < -0.4 is 14.8 Å². The van der Waals surface area contributed by atoms with E-state index in [2.05, 4.69) is 10.4 Å². The zero-order valence-electron chi connectivity index (χ0n) is 19.7. The zero-order chi connectivity index (χ0) is 23.7. The summed E-state index contributed by atoms with van der Waals surface area (Å²) in [6.45, 7) is 8.54. The van der Waals surface area contributed by atoms with Crippen LogP contribution in [0.15, 0.2) is 36.4 Å². The van der Waals surface area contributed by atoms with Gasteiger partial charge in [-0.05, 0) is 68.7 Å². The summed E-state index contributed by atoms with van der Waals surface area (Å²) in [5.41, 5.74) is 5.09. The third-order valence-corrected chi connectivity index (χ3v) is 6.06. The Morgan fingerprint density at radius 2 is 1.91 bits per heavy atom. The average molecular weight is 448 g/mol. The van der Waals surface area contributed by atoms with E-state index in [9.17, 15) is 9.59 Å². The molecular formula is C26H29N3O4. The number of rotatable bonds is 7. The quantitative estimate of drug-likeness (QED) is 0.521. The van der Waals surface area contributed by atoms with Crippen molar-refractivity contribution in [3.63, 3.8) is 0 Å². The number of ketones is 1. The fourth-order valence-electron chi connectivity index (χ4n) is 4.17. The number of amides is 1. The van der Waals surface area contributed by atoms with Crippen molar-refractivity contribution < 1.29 is 19.1 Å². The number of fused-ring (bicyclic) bond motifs is 1. The Kier molecular flexibility index (Phi) is 6.22. The molecule has 1 amide bonds. The summed E-state index contributed by atoms with van der Waals surface area (Å²) < 4.78 is 12.9. The van der Waals surface area contributed by atoms with Gasteiger partial charge in [-0.2, -0.15) is 5.10 Å². The molecule has 2 aromatic carbocycles. The predicted molar refractivity (Wildman–Crippen MR) is 127 cm³/mol. The number of anilines is 1. The van der Waals surface area contributed by atoms with Crippen LogP contribution in [-0.4, -0.2) is 35.2 Å². The van der Waals surface area contributed by atoms with E-state index in [0.29, 0.717) is 29.5 Å². The molecule has 1 atom stereocenters. The molecule has 7 heteroatoms. The van der Waals surface area contributed by atoms with Crippen LogP contribution in [0.1, 0.15) is 58.4 Å². The second kappa shape index (κ2) is 9.10. The van der Waals surface area contributed by atoms with E-state index in [1.165, 1.54) is 5.56 Å². The van der Waals surface area contributed by atoms with Gasteiger partial charge in [0.1, 0.15) is 5.82 Å². The molecule has 7 nitrogen and oxygen atoms in total. The second-order valence-corrected chi connectivity index (χ2v) is 8.41. The van der Waals surface area contributed by atoms with Crippen molar-refractivity contribution in [3.8, 4) is 17.2 Å². The first-order valence-electron chi connectivity index (χ1n) is 11.2. The lowest BCUT2D eigenvalue weighted by atomic mass is 9.85. The minimum atomic E-state index is -0.624. The Hall–Kier alpha value is -3.61. The van der Waals surface area contributed by atoms with Crippen molar-refractivity contribution in [2.75, 3.05) is 19.0 Å².